The van der Waals surface area contributed by atoms with Crippen molar-refractivity contribution in [1.82, 2.24) is 0 Å². The Kier molecular flexibility index (Phi) is 2.69. The minimum atomic E-state index is -3.49. The number of aryl methyl sites for hydroxylation is 1. The number of primary sulfonamides is 1. The second-order valence-electron chi connectivity index (χ2n) is 3.95. The average molecular weight is 235 g/mol. The fourth-order valence-electron chi connectivity index (χ4n) is 1.89. The second kappa shape index (κ2) is 3.88. The molecule has 0 bridgehead atoms. The van der Waals surface area contributed by atoms with Crippen LogP contribution in [0.25, 0.3) is 10.8 Å². The molecular weight excluding hydrogens is 222 g/mol. The van der Waals surface area contributed by atoms with Gasteiger partial charge in [-0.25, -0.2) is 13.6 Å². The van der Waals surface area contributed by atoms with E-state index in [0.717, 1.165) is 21.9 Å². The van der Waals surface area contributed by atoms with Gasteiger partial charge in [-0.2, -0.15) is 0 Å². The molecule has 0 unspecified atom stereocenters. The molecule has 2 aromatic rings. The standard InChI is InChI=1S/C12H13NO2S/c1-9-6-10-4-2-3-5-12(10)11(7-9)8-16(13,14)15/h2-7H,8H2,1H3,(H2,13,14,15). The van der Waals surface area contributed by atoms with Crippen molar-refractivity contribution in [1.29, 1.82) is 0 Å². The molecule has 0 aliphatic heterocycles. The Bertz CT molecular complexity index is 633. The van der Waals surface area contributed by atoms with Crippen LogP contribution in [-0.4, -0.2) is 8.42 Å². The summed E-state index contributed by atoms with van der Waals surface area (Å²) in [6, 6.07) is 11.6. The lowest BCUT2D eigenvalue weighted by atomic mass is 10.0. The summed E-state index contributed by atoms with van der Waals surface area (Å²) in [5.74, 6) is -0.116. The Balaban J connectivity index is 2.68. The molecule has 0 aliphatic carbocycles. The lowest BCUT2D eigenvalue weighted by molar-refractivity contribution is 0.597. The Morgan fingerprint density at radius 3 is 2.56 bits per heavy atom. The van der Waals surface area contributed by atoms with Crippen LogP contribution in [0.2, 0.25) is 0 Å². The first-order chi connectivity index (χ1) is 7.46. The topological polar surface area (TPSA) is 60.2 Å². The molecule has 2 aromatic carbocycles. The first kappa shape index (κ1) is 11.1. The van der Waals surface area contributed by atoms with Crippen molar-refractivity contribution in [3.63, 3.8) is 0 Å². The summed E-state index contributed by atoms with van der Waals surface area (Å²) < 4.78 is 22.3. The van der Waals surface area contributed by atoms with Gasteiger partial charge in [0.1, 0.15) is 0 Å². The van der Waals surface area contributed by atoms with Gasteiger partial charge in [0, 0.05) is 0 Å². The molecule has 0 aromatic heterocycles. The lowest BCUT2D eigenvalue weighted by Gasteiger charge is -2.07. The molecule has 4 heteroatoms. The van der Waals surface area contributed by atoms with Gasteiger partial charge in [0.25, 0.3) is 0 Å². The van der Waals surface area contributed by atoms with Gasteiger partial charge in [-0.1, -0.05) is 42.0 Å². The molecule has 0 saturated carbocycles. The van der Waals surface area contributed by atoms with Gasteiger partial charge in [0.2, 0.25) is 10.0 Å². The number of fused-ring (bicyclic) bond motifs is 1. The monoisotopic (exact) mass is 235 g/mol. The number of benzene rings is 2. The minimum absolute atomic E-state index is 0.116. The summed E-state index contributed by atoms with van der Waals surface area (Å²) >= 11 is 0. The van der Waals surface area contributed by atoms with E-state index in [0.29, 0.717) is 0 Å². The molecule has 0 heterocycles. The molecule has 0 atom stereocenters. The molecule has 84 valence electrons. The largest absolute Gasteiger partial charge is 0.228 e. The number of sulfonamides is 1. The quantitative estimate of drug-likeness (QED) is 0.864. The van der Waals surface area contributed by atoms with Gasteiger partial charge in [0.05, 0.1) is 5.75 Å². The maximum Gasteiger partial charge on any atom is 0.213 e. The van der Waals surface area contributed by atoms with Crippen LogP contribution in [0.15, 0.2) is 36.4 Å². The molecule has 16 heavy (non-hydrogen) atoms. The third-order valence-corrected chi connectivity index (χ3v) is 3.16. The SMILES string of the molecule is Cc1cc(CS(N)(=O)=O)c2ccccc2c1. The Morgan fingerprint density at radius 2 is 1.88 bits per heavy atom. The zero-order valence-electron chi connectivity index (χ0n) is 8.97. The fraction of sp³-hybridized carbons (Fsp3) is 0.167. The number of rotatable bonds is 2. The highest BCUT2D eigenvalue weighted by atomic mass is 32.2. The van der Waals surface area contributed by atoms with Gasteiger partial charge < -0.3 is 0 Å². The van der Waals surface area contributed by atoms with Crippen LogP contribution in [0.3, 0.4) is 0 Å². The van der Waals surface area contributed by atoms with Gasteiger partial charge in [-0.3, -0.25) is 0 Å². The van der Waals surface area contributed by atoms with Crippen LogP contribution in [0.1, 0.15) is 11.1 Å². The van der Waals surface area contributed by atoms with Gasteiger partial charge in [-0.05, 0) is 23.3 Å². The van der Waals surface area contributed by atoms with E-state index >= 15 is 0 Å². The van der Waals surface area contributed by atoms with E-state index in [1.54, 1.807) is 0 Å². The van der Waals surface area contributed by atoms with E-state index in [-0.39, 0.29) is 5.75 Å². The predicted octanol–water partition coefficient (Wildman–Crippen LogP) is 1.94. The summed E-state index contributed by atoms with van der Waals surface area (Å²) in [7, 11) is -3.49. The van der Waals surface area contributed by atoms with Crippen LogP contribution in [-0.2, 0) is 15.8 Å². The van der Waals surface area contributed by atoms with Crippen molar-refractivity contribution >= 4 is 20.8 Å². The Morgan fingerprint density at radius 1 is 1.19 bits per heavy atom. The fourth-order valence-corrected chi connectivity index (χ4v) is 2.56. The van der Waals surface area contributed by atoms with Crippen molar-refractivity contribution in [2.75, 3.05) is 0 Å². The maximum atomic E-state index is 11.1. The minimum Gasteiger partial charge on any atom is -0.228 e. The van der Waals surface area contributed by atoms with Crippen LogP contribution < -0.4 is 5.14 Å². The second-order valence-corrected chi connectivity index (χ2v) is 5.57. The van der Waals surface area contributed by atoms with E-state index < -0.39 is 10.0 Å². The zero-order chi connectivity index (χ0) is 11.8. The zero-order valence-corrected chi connectivity index (χ0v) is 9.79. The maximum absolute atomic E-state index is 11.1. The lowest BCUT2D eigenvalue weighted by Crippen LogP contribution is -2.14. The molecule has 0 saturated heterocycles. The van der Waals surface area contributed by atoms with Crippen LogP contribution >= 0.6 is 0 Å². The average Bonchev–Trinajstić information content (AvgIpc) is 2.14. The molecule has 0 amide bonds. The normalized spacial score (nSPS) is 11.9. The van der Waals surface area contributed by atoms with E-state index in [9.17, 15) is 8.42 Å². The van der Waals surface area contributed by atoms with Gasteiger partial charge in [0.15, 0.2) is 0 Å². The predicted molar refractivity (Wildman–Crippen MR) is 65.5 cm³/mol. The van der Waals surface area contributed by atoms with Crippen molar-refractivity contribution < 1.29 is 8.42 Å². The van der Waals surface area contributed by atoms with Crippen LogP contribution in [0.5, 0.6) is 0 Å². The first-order valence-electron chi connectivity index (χ1n) is 4.94. The molecule has 2 rings (SSSR count). The molecule has 3 nitrogen and oxygen atoms in total. The van der Waals surface area contributed by atoms with Crippen molar-refractivity contribution in [3.8, 4) is 0 Å². The van der Waals surface area contributed by atoms with Gasteiger partial charge in [-0.15, -0.1) is 0 Å². The number of hydrogen-bond acceptors (Lipinski definition) is 2. The van der Waals surface area contributed by atoms with Crippen LogP contribution in [0, 0.1) is 6.92 Å². The molecule has 0 aliphatic rings. The molecular formula is C12H13NO2S. The van der Waals surface area contributed by atoms with E-state index in [4.69, 9.17) is 5.14 Å². The molecule has 2 N–H and O–H groups in total. The van der Waals surface area contributed by atoms with Crippen LogP contribution in [0.4, 0.5) is 0 Å². The summed E-state index contributed by atoms with van der Waals surface area (Å²) in [5, 5.41) is 7.07. The number of nitrogens with two attached hydrogens (primary N) is 1. The Hall–Kier alpha value is -1.39. The molecule has 0 radical (unpaired) electrons. The van der Waals surface area contributed by atoms with E-state index in [1.807, 2.05) is 43.3 Å². The highest BCUT2D eigenvalue weighted by Crippen LogP contribution is 2.22. The smallest absolute Gasteiger partial charge is 0.213 e. The van der Waals surface area contributed by atoms with E-state index in [2.05, 4.69) is 0 Å². The van der Waals surface area contributed by atoms with Crippen molar-refractivity contribution in [2.24, 2.45) is 5.14 Å². The summed E-state index contributed by atoms with van der Waals surface area (Å²) in [6.45, 7) is 1.94. The summed E-state index contributed by atoms with van der Waals surface area (Å²) in [5.41, 5.74) is 1.80. The van der Waals surface area contributed by atoms with E-state index in [1.165, 1.54) is 0 Å². The summed E-state index contributed by atoms with van der Waals surface area (Å²) in [4.78, 5) is 0. The number of hydrogen-bond donors (Lipinski definition) is 1. The third-order valence-electron chi connectivity index (χ3n) is 2.45. The third kappa shape index (κ3) is 2.40. The Labute approximate surface area is 94.9 Å². The highest BCUT2D eigenvalue weighted by molar-refractivity contribution is 7.88. The summed E-state index contributed by atoms with van der Waals surface area (Å²) in [6.07, 6.45) is 0. The highest BCUT2D eigenvalue weighted by Gasteiger charge is 2.09. The molecule has 0 spiro atoms. The molecule has 0 fully saturated rings. The van der Waals surface area contributed by atoms with Crippen molar-refractivity contribution in [3.05, 3.63) is 47.5 Å². The first-order valence-corrected chi connectivity index (χ1v) is 6.66. The van der Waals surface area contributed by atoms with Crippen molar-refractivity contribution in [2.45, 2.75) is 12.7 Å². The van der Waals surface area contributed by atoms with Gasteiger partial charge >= 0.3 is 0 Å².